The van der Waals surface area contributed by atoms with Crippen molar-refractivity contribution in [3.63, 3.8) is 0 Å². The second-order valence-electron chi connectivity index (χ2n) is 9.20. The minimum absolute atomic E-state index is 0.234. The summed E-state index contributed by atoms with van der Waals surface area (Å²) >= 11 is 0. The number of carbonyl (C=O) groups excluding carboxylic acids is 4. The normalized spacial score (nSPS) is 20.0. The number of amides is 2. The van der Waals surface area contributed by atoms with Gasteiger partial charge in [-0.2, -0.15) is 5.01 Å². The first-order chi connectivity index (χ1) is 19.8. The second kappa shape index (κ2) is 11.0. The number of fused-ring (bicyclic) bond motifs is 1. The lowest BCUT2D eigenvalue weighted by atomic mass is 9.92. The van der Waals surface area contributed by atoms with E-state index in [2.05, 4.69) is 5.32 Å². The summed E-state index contributed by atoms with van der Waals surface area (Å²) in [6.07, 6.45) is 0. The molecule has 1 saturated heterocycles. The Balaban J connectivity index is 1.74. The summed E-state index contributed by atoms with van der Waals surface area (Å²) in [5.74, 6) is -3.17. The highest BCUT2D eigenvalue weighted by molar-refractivity contribution is 6.07. The molecule has 12 heteroatoms. The largest absolute Gasteiger partial charge is 0.466 e. The minimum atomic E-state index is -1.22. The lowest BCUT2D eigenvalue weighted by molar-refractivity contribution is -0.385. The van der Waals surface area contributed by atoms with E-state index in [1.54, 1.807) is 66.7 Å². The van der Waals surface area contributed by atoms with Gasteiger partial charge in [0.2, 0.25) is 0 Å². The van der Waals surface area contributed by atoms with Crippen LogP contribution in [0, 0.1) is 10.1 Å². The van der Waals surface area contributed by atoms with Crippen LogP contribution >= 0.6 is 0 Å². The number of hydrogen-bond donors (Lipinski definition) is 1. The molecular weight excluding hydrogens is 532 g/mol. The van der Waals surface area contributed by atoms with Crippen molar-refractivity contribution in [3.8, 4) is 0 Å². The standard InChI is InChI=1S/C29H24N4O8/c1-40-28(36)21-23(19-14-9-15-20(16-19)33(38)39)31-24(17-10-5-3-6-11-17)22(27(35)32(31)25(21)29(37)41-2)30-26(34)18-12-7-4-8-13-18/h3-16,22-24H,1-2H3,(H,30,34)/t22-,23+,24-/m0/s1. The fourth-order valence-electron chi connectivity index (χ4n) is 5.22. The molecule has 2 aliphatic rings. The first-order valence-corrected chi connectivity index (χ1v) is 12.5. The average Bonchev–Trinajstić information content (AvgIpc) is 3.49. The van der Waals surface area contributed by atoms with Crippen molar-refractivity contribution in [2.45, 2.75) is 18.1 Å². The molecule has 41 heavy (non-hydrogen) atoms. The maximum Gasteiger partial charge on any atom is 0.356 e. The van der Waals surface area contributed by atoms with Gasteiger partial charge in [0, 0.05) is 17.7 Å². The smallest absolute Gasteiger partial charge is 0.356 e. The van der Waals surface area contributed by atoms with E-state index in [1.165, 1.54) is 23.2 Å². The highest BCUT2D eigenvalue weighted by atomic mass is 16.6. The van der Waals surface area contributed by atoms with E-state index >= 15 is 0 Å². The number of methoxy groups -OCH3 is 2. The Bertz CT molecular complexity index is 1570. The zero-order valence-corrected chi connectivity index (χ0v) is 21.9. The number of nitro groups is 1. The van der Waals surface area contributed by atoms with Crippen molar-refractivity contribution in [2.75, 3.05) is 14.2 Å². The van der Waals surface area contributed by atoms with Crippen LogP contribution in [0.4, 0.5) is 5.69 Å². The fourth-order valence-corrected chi connectivity index (χ4v) is 5.22. The van der Waals surface area contributed by atoms with E-state index in [9.17, 15) is 29.3 Å². The SMILES string of the molecule is COC(=O)C1=C(C(=O)OC)N2C(=O)[C@@H](NC(=O)c3ccccc3)[C@H](c3ccccc3)N2[C@@H]1c1cccc([N+](=O)[O-])c1. The monoisotopic (exact) mass is 556 g/mol. The maximum atomic E-state index is 14.1. The Morgan fingerprint density at radius 1 is 0.854 bits per heavy atom. The highest BCUT2D eigenvalue weighted by Gasteiger charge is 2.60. The van der Waals surface area contributed by atoms with Gasteiger partial charge in [-0.05, 0) is 23.3 Å². The third kappa shape index (κ3) is 4.70. The summed E-state index contributed by atoms with van der Waals surface area (Å²) in [5, 5.41) is 16.9. The third-order valence-corrected chi connectivity index (χ3v) is 6.96. The summed E-state index contributed by atoms with van der Waals surface area (Å²) in [4.78, 5) is 64.8. The second-order valence-corrected chi connectivity index (χ2v) is 9.20. The molecule has 0 saturated carbocycles. The van der Waals surface area contributed by atoms with Crippen molar-refractivity contribution in [2.24, 2.45) is 0 Å². The first-order valence-electron chi connectivity index (χ1n) is 12.5. The number of benzene rings is 3. The molecular formula is C29H24N4O8. The number of non-ortho nitro benzene ring substituents is 1. The van der Waals surface area contributed by atoms with Gasteiger partial charge in [0.15, 0.2) is 5.70 Å². The van der Waals surface area contributed by atoms with Crippen LogP contribution in [-0.2, 0) is 23.9 Å². The van der Waals surface area contributed by atoms with E-state index < -0.39 is 52.5 Å². The molecule has 5 rings (SSSR count). The van der Waals surface area contributed by atoms with Gasteiger partial charge >= 0.3 is 11.9 Å². The summed E-state index contributed by atoms with van der Waals surface area (Å²) in [7, 11) is 2.21. The van der Waals surface area contributed by atoms with Crippen LogP contribution in [0.1, 0.15) is 33.6 Å². The van der Waals surface area contributed by atoms with Crippen LogP contribution in [0.5, 0.6) is 0 Å². The molecule has 0 bridgehead atoms. The molecule has 1 fully saturated rings. The molecule has 0 spiro atoms. The van der Waals surface area contributed by atoms with Gasteiger partial charge in [0.05, 0.1) is 36.8 Å². The summed E-state index contributed by atoms with van der Waals surface area (Å²) in [6, 6.07) is 19.2. The van der Waals surface area contributed by atoms with Crippen molar-refractivity contribution in [3.05, 3.63) is 123 Å². The number of ether oxygens (including phenoxy) is 2. The van der Waals surface area contributed by atoms with E-state index in [0.717, 1.165) is 19.2 Å². The molecule has 208 valence electrons. The molecule has 3 aromatic carbocycles. The van der Waals surface area contributed by atoms with E-state index in [-0.39, 0.29) is 16.8 Å². The fraction of sp³-hybridized carbons (Fsp3) is 0.172. The van der Waals surface area contributed by atoms with Gasteiger partial charge in [-0.15, -0.1) is 0 Å². The van der Waals surface area contributed by atoms with Crippen LogP contribution in [0.15, 0.2) is 96.2 Å². The number of rotatable bonds is 7. The molecule has 2 heterocycles. The van der Waals surface area contributed by atoms with Crippen LogP contribution in [0.2, 0.25) is 0 Å². The topological polar surface area (TPSA) is 148 Å². The Morgan fingerprint density at radius 2 is 1.46 bits per heavy atom. The summed E-state index contributed by atoms with van der Waals surface area (Å²) in [5.41, 5.74) is 0.226. The molecule has 1 N–H and O–H groups in total. The lowest BCUT2D eigenvalue weighted by Gasteiger charge is -2.33. The molecule has 2 aliphatic heterocycles. The number of nitrogens with one attached hydrogen (secondary N) is 1. The van der Waals surface area contributed by atoms with Crippen molar-refractivity contribution >= 4 is 29.4 Å². The van der Waals surface area contributed by atoms with Gasteiger partial charge in [-0.25, -0.2) is 14.6 Å². The van der Waals surface area contributed by atoms with Crippen molar-refractivity contribution < 1.29 is 33.6 Å². The molecule has 0 radical (unpaired) electrons. The number of carbonyl (C=O) groups is 4. The molecule has 12 nitrogen and oxygen atoms in total. The van der Waals surface area contributed by atoms with Crippen LogP contribution in [0.25, 0.3) is 0 Å². The molecule has 0 aromatic heterocycles. The zero-order chi connectivity index (χ0) is 29.3. The van der Waals surface area contributed by atoms with Crippen LogP contribution in [-0.4, -0.2) is 59.0 Å². The number of hydrazine groups is 1. The van der Waals surface area contributed by atoms with E-state index in [4.69, 9.17) is 9.47 Å². The Kier molecular flexibility index (Phi) is 7.32. The summed E-state index contributed by atoms with van der Waals surface area (Å²) in [6.45, 7) is 0. The number of hydrogen-bond acceptors (Lipinski definition) is 9. The van der Waals surface area contributed by atoms with Gasteiger partial charge in [-0.3, -0.25) is 19.7 Å². The third-order valence-electron chi connectivity index (χ3n) is 6.96. The molecule has 0 aliphatic carbocycles. The molecule has 2 amide bonds. The molecule has 3 atom stereocenters. The van der Waals surface area contributed by atoms with Gasteiger partial charge in [0.25, 0.3) is 17.5 Å². The molecule has 0 unspecified atom stereocenters. The minimum Gasteiger partial charge on any atom is -0.466 e. The van der Waals surface area contributed by atoms with Crippen LogP contribution < -0.4 is 5.32 Å². The lowest BCUT2D eigenvalue weighted by Crippen LogP contribution is -2.44. The first kappa shape index (κ1) is 27.2. The quantitative estimate of drug-likeness (QED) is 0.263. The average molecular weight is 557 g/mol. The van der Waals surface area contributed by atoms with Gasteiger partial charge < -0.3 is 14.8 Å². The Morgan fingerprint density at radius 3 is 2.07 bits per heavy atom. The van der Waals surface area contributed by atoms with Crippen LogP contribution in [0.3, 0.4) is 0 Å². The Hall–Kier alpha value is -5.36. The number of nitro benzene ring substituents is 1. The van der Waals surface area contributed by atoms with E-state index in [0.29, 0.717) is 11.1 Å². The number of esters is 2. The predicted octanol–water partition coefficient (Wildman–Crippen LogP) is 2.85. The molecule has 3 aromatic rings. The summed E-state index contributed by atoms with van der Waals surface area (Å²) < 4.78 is 9.97. The van der Waals surface area contributed by atoms with Crippen molar-refractivity contribution in [1.82, 2.24) is 15.3 Å². The van der Waals surface area contributed by atoms with E-state index in [1.807, 2.05) is 0 Å². The zero-order valence-electron chi connectivity index (χ0n) is 21.9. The predicted molar refractivity (Wildman–Crippen MR) is 142 cm³/mol. The Labute approximate surface area is 233 Å². The van der Waals surface area contributed by atoms with Gasteiger partial charge in [0.1, 0.15) is 6.04 Å². The maximum absolute atomic E-state index is 14.1. The van der Waals surface area contributed by atoms with Gasteiger partial charge in [-0.1, -0.05) is 60.7 Å². The highest BCUT2D eigenvalue weighted by Crippen LogP contribution is 2.51. The number of nitrogens with zero attached hydrogens (tertiary/aromatic N) is 3. The van der Waals surface area contributed by atoms with Crippen molar-refractivity contribution in [1.29, 1.82) is 0 Å².